The molecule has 5 rings (SSSR count). The summed E-state index contributed by atoms with van der Waals surface area (Å²) in [7, 11) is -0.174. The molecule has 0 spiro atoms. The monoisotopic (exact) mass is 459 g/mol. The molecule has 0 aliphatic heterocycles. The summed E-state index contributed by atoms with van der Waals surface area (Å²) in [5.74, 6) is 0.898. The van der Waals surface area contributed by atoms with Crippen LogP contribution in [-0.2, 0) is 6.16 Å². The van der Waals surface area contributed by atoms with Crippen LogP contribution in [0.3, 0.4) is 0 Å². The second-order valence-corrected chi connectivity index (χ2v) is 11.9. The van der Waals surface area contributed by atoms with Gasteiger partial charge in [0.1, 0.15) is 28.9 Å². The zero-order chi connectivity index (χ0) is 23.2. The van der Waals surface area contributed by atoms with Crippen molar-refractivity contribution >= 4 is 23.2 Å². The summed E-state index contributed by atoms with van der Waals surface area (Å²) >= 11 is 0. The van der Waals surface area contributed by atoms with Gasteiger partial charge in [0.05, 0.1) is 13.3 Å². The van der Waals surface area contributed by atoms with Crippen LogP contribution in [-0.4, -0.2) is 7.11 Å². The number of para-hydroxylation sites is 1. The molecule has 0 N–H and O–H groups in total. The first-order valence-electron chi connectivity index (χ1n) is 11.6. The molecule has 0 saturated heterocycles. The van der Waals surface area contributed by atoms with Crippen molar-refractivity contribution in [2.45, 2.75) is 6.16 Å². The highest BCUT2D eigenvalue weighted by molar-refractivity contribution is 7.95. The lowest BCUT2D eigenvalue weighted by Crippen LogP contribution is -2.32. The predicted octanol–water partition coefficient (Wildman–Crippen LogP) is 6.86. The molecule has 0 aliphatic carbocycles. The molecule has 5 aromatic carbocycles. The van der Waals surface area contributed by atoms with Gasteiger partial charge in [-0.2, -0.15) is 0 Å². The molecule has 34 heavy (non-hydrogen) atoms. The fraction of sp³-hybridized carbons (Fsp3) is 0.0625. The molecular formula is C32H28OP+. The smallest absolute Gasteiger partial charge is 0.126 e. The maximum atomic E-state index is 5.59. The Hall–Kier alpha value is -3.67. The average molecular weight is 460 g/mol. The third-order valence-electron chi connectivity index (χ3n) is 6.38. The maximum absolute atomic E-state index is 5.59. The molecular weight excluding hydrogens is 431 g/mol. The minimum absolute atomic E-state index is 0.898. The fourth-order valence-electron chi connectivity index (χ4n) is 4.72. The van der Waals surface area contributed by atoms with E-state index in [1.807, 2.05) is 12.1 Å². The zero-order valence-electron chi connectivity index (χ0n) is 19.3. The zero-order valence-corrected chi connectivity index (χ0v) is 20.2. The number of hydrogen-bond donors (Lipinski definition) is 0. The van der Waals surface area contributed by atoms with Crippen LogP contribution in [0.1, 0.15) is 5.56 Å². The molecule has 0 saturated carbocycles. The van der Waals surface area contributed by atoms with E-state index in [0.29, 0.717) is 0 Å². The Morgan fingerprint density at radius 3 is 1.41 bits per heavy atom. The fourth-order valence-corrected chi connectivity index (χ4v) is 8.96. The van der Waals surface area contributed by atoms with Gasteiger partial charge in [0.15, 0.2) is 0 Å². The van der Waals surface area contributed by atoms with Crippen LogP contribution in [0.5, 0.6) is 5.75 Å². The standard InChI is InChI=1S/C32H28OP/c1-33-32-20-12-11-19-31(32)27-23-21-26(22-24-27)25-34(28-13-5-2-6-14-28,29-15-7-3-8-16-29)30-17-9-4-10-18-30/h2-24H,25H2,1H3/q+1. The number of rotatable bonds is 7. The summed E-state index contributed by atoms with van der Waals surface area (Å²) in [5, 5.41) is 4.21. The van der Waals surface area contributed by atoms with Crippen LogP contribution in [0.15, 0.2) is 140 Å². The summed E-state index contributed by atoms with van der Waals surface area (Å²) in [6.07, 6.45) is 0.969. The Bertz CT molecular complexity index is 1230. The molecule has 166 valence electrons. The first kappa shape index (κ1) is 22.1. The highest BCUT2D eigenvalue weighted by atomic mass is 31.2. The molecule has 0 fully saturated rings. The molecule has 0 aliphatic rings. The van der Waals surface area contributed by atoms with Gasteiger partial charge in [-0.15, -0.1) is 0 Å². The Balaban J connectivity index is 1.63. The Labute approximate surface area is 203 Å². The van der Waals surface area contributed by atoms with E-state index in [2.05, 4.69) is 127 Å². The minimum Gasteiger partial charge on any atom is -0.496 e. The summed E-state index contributed by atoms with van der Waals surface area (Å²) in [6, 6.07) is 50.4. The van der Waals surface area contributed by atoms with Crippen LogP contribution >= 0.6 is 7.26 Å². The van der Waals surface area contributed by atoms with Gasteiger partial charge < -0.3 is 4.74 Å². The molecule has 2 heteroatoms. The topological polar surface area (TPSA) is 9.23 Å². The van der Waals surface area contributed by atoms with Crippen molar-refractivity contribution in [2.24, 2.45) is 0 Å². The van der Waals surface area contributed by atoms with Gasteiger partial charge in [-0.25, -0.2) is 0 Å². The highest BCUT2D eigenvalue weighted by Crippen LogP contribution is 2.58. The van der Waals surface area contributed by atoms with Gasteiger partial charge in [0.2, 0.25) is 0 Å². The van der Waals surface area contributed by atoms with Gasteiger partial charge in [0.25, 0.3) is 0 Å². The maximum Gasteiger partial charge on any atom is 0.126 e. The van der Waals surface area contributed by atoms with Gasteiger partial charge >= 0.3 is 0 Å². The molecule has 0 amide bonds. The van der Waals surface area contributed by atoms with Gasteiger partial charge in [-0.3, -0.25) is 0 Å². The van der Waals surface area contributed by atoms with E-state index in [1.54, 1.807) is 7.11 Å². The lowest BCUT2D eigenvalue weighted by molar-refractivity contribution is 0.416. The van der Waals surface area contributed by atoms with Crippen molar-refractivity contribution in [3.63, 3.8) is 0 Å². The van der Waals surface area contributed by atoms with E-state index in [4.69, 9.17) is 4.74 Å². The van der Waals surface area contributed by atoms with Crippen molar-refractivity contribution < 1.29 is 4.74 Å². The first-order chi connectivity index (χ1) is 16.8. The summed E-state index contributed by atoms with van der Waals surface area (Å²) in [4.78, 5) is 0. The SMILES string of the molecule is COc1ccccc1-c1ccc(C[P+](c2ccccc2)(c2ccccc2)c2ccccc2)cc1. The van der Waals surface area contributed by atoms with Crippen molar-refractivity contribution in [3.05, 3.63) is 145 Å². The Morgan fingerprint density at radius 2 is 0.941 bits per heavy atom. The third kappa shape index (κ3) is 4.28. The molecule has 0 bridgehead atoms. The van der Waals surface area contributed by atoms with Crippen molar-refractivity contribution in [2.75, 3.05) is 7.11 Å². The second-order valence-electron chi connectivity index (χ2n) is 8.37. The minimum atomic E-state index is -1.90. The van der Waals surface area contributed by atoms with E-state index >= 15 is 0 Å². The predicted molar refractivity (Wildman–Crippen MR) is 147 cm³/mol. The van der Waals surface area contributed by atoms with Crippen molar-refractivity contribution in [1.29, 1.82) is 0 Å². The molecule has 0 radical (unpaired) electrons. The molecule has 1 nitrogen and oxygen atoms in total. The molecule has 5 aromatic rings. The van der Waals surface area contributed by atoms with Crippen LogP contribution in [0.2, 0.25) is 0 Å². The van der Waals surface area contributed by atoms with E-state index in [9.17, 15) is 0 Å². The number of ether oxygens (including phenoxy) is 1. The van der Waals surface area contributed by atoms with Gasteiger partial charge in [-0.1, -0.05) is 97.1 Å². The van der Waals surface area contributed by atoms with Crippen LogP contribution in [0.4, 0.5) is 0 Å². The lowest BCUT2D eigenvalue weighted by Gasteiger charge is -2.28. The van der Waals surface area contributed by atoms with Crippen LogP contribution < -0.4 is 20.7 Å². The normalized spacial score (nSPS) is 11.2. The van der Waals surface area contributed by atoms with Gasteiger partial charge in [0, 0.05) is 5.56 Å². The van der Waals surface area contributed by atoms with E-state index in [0.717, 1.165) is 17.5 Å². The Morgan fingerprint density at radius 1 is 0.500 bits per heavy atom. The van der Waals surface area contributed by atoms with E-state index in [-0.39, 0.29) is 0 Å². The second kappa shape index (κ2) is 10.1. The highest BCUT2D eigenvalue weighted by Gasteiger charge is 2.45. The number of methoxy groups -OCH3 is 1. The number of hydrogen-bond acceptors (Lipinski definition) is 1. The van der Waals surface area contributed by atoms with Crippen molar-refractivity contribution in [1.82, 2.24) is 0 Å². The van der Waals surface area contributed by atoms with Crippen molar-refractivity contribution in [3.8, 4) is 16.9 Å². The molecule has 0 aromatic heterocycles. The summed E-state index contributed by atoms with van der Waals surface area (Å²) < 4.78 is 5.59. The van der Waals surface area contributed by atoms with E-state index < -0.39 is 7.26 Å². The molecule has 0 unspecified atom stereocenters. The Kier molecular flexibility index (Phi) is 6.56. The molecule has 0 heterocycles. The quantitative estimate of drug-likeness (QED) is 0.242. The first-order valence-corrected chi connectivity index (χ1v) is 13.6. The summed E-state index contributed by atoms with van der Waals surface area (Å²) in [5.41, 5.74) is 3.62. The largest absolute Gasteiger partial charge is 0.496 e. The van der Waals surface area contributed by atoms with Crippen LogP contribution in [0.25, 0.3) is 11.1 Å². The molecule has 0 atom stereocenters. The third-order valence-corrected chi connectivity index (χ3v) is 10.8. The average Bonchev–Trinajstić information content (AvgIpc) is 2.93. The lowest BCUT2D eigenvalue weighted by atomic mass is 10.0. The summed E-state index contributed by atoms with van der Waals surface area (Å²) in [6.45, 7) is 0. The van der Waals surface area contributed by atoms with Gasteiger partial charge in [-0.05, 0) is 53.6 Å². The van der Waals surface area contributed by atoms with Crippen LogP contribution in [0, 0.1) is 0 Å². The van der Waals surface area contributed by atoms with E-state index in [1.165, 1.54) is 27.0 Å². The number of benzene rings is 5.